The first kappa shape index (κ1) is 27.5. The topological polar surface area (TPSA) is 95.8 Å². The van der Waals surface area contributed by atoms with E-state index in [0.717, 1.165) is 70.6 Å². The fourth-order valence-electron chi connectivity index (χ4n) is 6.07. The number of urea groups is 1. The molecular weight excluding hydrogens is 548 g/mol. The zero-order chi connectivity index (χ0) is 29.9. The minimum Gasteiger partial charge on any atom is -0.323 e. The van der Waals surface area contributed by atoms with Gasteiger partial charge in [-0.3, -0.25) is 4.90 Å². The van der Waals surface area contributed by atoms with Crippen molar-refractivity contribution in [2.24, 2.45) is 0 Å². The molecule has 2 aromatic heterocycles. The third-order valence-corrected chi connectivity index (χ3v) is 8.24. The number of carbonyl (C=O) groups excluding carboxylic acids is 1. The number of nitrogens with one attached hydrogen (secondary N) is 1. The number of hydrogen-bond acceptors (Lipinski definition) is 5. The van der Waals surface area contributed by atoms with Crippen molar-refractivity contribution < 1.29 is 4.79 Å². The Hall–Kier alpha value is -5.31. The van der Waals surface area contributed by atoms with Gasteiger partial charge in [0.15, 0.2) is 0 Å². The third-order valence-electron chi connectivity index (χ3n) is 8.24. The zero-order valence-electron chi connectivity index (χ0n) is 24.7. The lowest BCUT2D eigenvalue weighted by atomic mass is 9.98. The van der Waals surface area contributed by atoms with Crippen LogP contribution in [-0.4, -0.2) is 54.2 Å². The highest BCUT2D eigenvalue weighted by atomic mass is 16.2. The standard InChI is InChI=1S/C35H34N8O/c1-2-9-33-36-31-19-18-28(42-21-8-20-41(35(42)44)23-25-10-4-3-5-11-25)22-32(31)43(33)24-26-14-16-27(17-15-26)29-12-6-7-13-30(29)34-37-39-40-38-34/h3-7,10-19,22H,2,8-9,20-21,23-24H2,1H3,(H,37,38,39,40). The van der Waals surface area contributed by atoms with Crippen molar-refractivity contribution in [2.45, 2.75) is 39.3 Å². The van der Waals surface area contributed by atoms with Gasteiger partial charge in [-0.1, -0.05) is 85.8 Å². The summed E-state index contributed by atoms with van der Waals surface area (Å²) in [6.45, 7) is 4.96. The van der Waals surface area contributed by atoms with E-state index in [1.54, 1.807) is 0 Å². The van der Waals surface area contributed by atoms with Crippen LogP contribution >= 0.6 is 0 Å². The van der Waals surface area contributed by atoms with Gasteiger partial charge in [0.25, 0.3) is 0 Å². The Kier molecular flexibility index (Phi) is 7.58. The monoisotopic (exact) mass is 582 g/mol. The number of H-pyrrole nitrogens is 1. The average molecular weight is 583 g/mol. The molecule has 2 amide bonds. The first-order chi connectivity index (χ1) is 21.7. The minimum absolute atomic E-state index is 0.0518. The summed E-state index contributed by atoms with van der Waals surface area (Å²) in [5.41, 5.74) is 8.31. The van der Waals surface area contributed by atoms with Crippen molar-refractivity contribution in [3.8, 4) is 22.5 Å². The SMILES string of the molecule is CCCc1nc2ccc(N3CCCN(Cc4ccccc4)C3=O)cc2n1Cc1ccc(-c2ccccc2-c2nn[nH]n2)cc1. The molecule has 9 heteroatoms. The molecule has 9 nitrogen and oxygen atoms in total. The second kappa shape index (κ2) is 12.1. The van der Waals surface area contributed by atoms with Gasteiger partial charge in [0, 0.05) is 43.9 Å². The Bertz CT molecular complexity index is 1880. The number of aryl methyl sites for hydroxylation is 1. The molecule has 44 heavy (non-hydrogen) atoms. The van der Waals surface area contributed by atoms with Gasteiger partial charge < -0.3 is 9.47 Å². The molecule has 0 unspecified atom stereocenters. The Morgan fingerprint density at radius 1 is 0.818 bits per heavy atom. The quantitative estimate of drug-likeness (QED) is 0.204. The van der Waals surface area contributed by atoms with E-state index >= 15 is 0 Å². The van der Waals surface area contributed by atoms with E-state index in [0.29, 0.717) is 25.5 Å². The summed E-state index contributed by atoms with van der Waals surface area (Å²) in [6, 6.07) is 33.2. The second-order valence-electron chi connectivity index (χ2n) is 11.2. The van der Waals surface area contributed by atoms with Crippen LogP contribution in [-0.2, 0) is 19.5 Å². The van der Waals surface area contributed by atoms with Crippen molar-refractivity contribution in [3.05, 3.63) is 114 Å². The van der Waals surface area contributed by atoms with E-state index in [1.165, 1.54) is 5.56 Å². The van der Waals surface area contributed by atoms with Crippen molar-refractivity contribution in [1.29, 1.82) is 0 Å². The summed E-state index contributed by atoms with van der Waals surface area (Å²) in [7, 11) is 0. The molecular formula is C35H34N8O. The van der Waals surface area contributed by atoms with Gasteiger partial charge in [-0.15, -0.1) is 10.2 Å². The van der Waals surface area contributed by atoms with Crippen LogP contribution in [0.15, 0.2) is 97.1 Å². The molecule has 1 aliphatic rings. The van der Waals surface area contributed by atoms with Crippen LogP contribution in [0.5, 0.6) is 0 Å². The number of nitrogens with zero attached hydrogens (tertiary/aromatic N) is 7. The molecule has 0 atom stereocenters. The van der Waals surface area contributed by atoms with Crippen LogP contribution in [0, 0.1) is 0 Å². The number of anilines is 1. The second-order valence-corrected chi connectivity index (χ2v) is 11.2. The van der Waals surface area contributed by atoms with E-state index in [1.807, 2.05) is 52.3 Å². The largest absolute Gasteiger partial charge is 0.324 e. The van der Waals surface area contributed by atoms with Gasteiger partial charge in [-0.05, 0) is 58.5 Å². The maximum atomic E-state index is 13.6. The van der Waals surface area contributed by atoms with Crippen molar-refractivity contribution in [3.63, 3.8) is 0 Å². The first-order valence-electron chi connectivity index (χ1n) is 15.2. The molecule has 6 aromatic rings. The lowest BCUT2D eigenvalue weighted by Crippen LogP contribution is -2.49. The fraction of sp³-hybridized carbons (Fsp3) is 0.229. The summed E-state index contributed by atoms with van der Waals surface area (Å²) in [4.78, 5) is 22.5. The van der Waals surface area contributed by atoms with Crippen LogP contribution in [0.2, 0.25) is 0 Å². The zero-order valence-corrected chi connectivity index (χ0v) is 24.7. The predicted molar refractivity (Wildman–Crippen MR) is 172 cm³/mol. The van der Waals surface area contributed by atoms with Crippen LogP contribution < -0.4 is 4.90 Å². The number of aromatic nitrogens is 6. The number of imidazole rings is 1. The molecule has 0 radical (unpaired) electrons. The highest BCUT2D eigenvalue weighted by Gasteiger charge is 2.27. The molecule has 0 spiro atoms. The smallest absolute Gasteiger partial charge is 0.323 e. The number of rotatable bonds is 9. The van der Waals surface area contributed by atoms with Crippen LogP contribution in [0.4, 0.5) is 10.5 Å². The van der Waals surface area contributed by atoms with Crippen LogP contribution in [0.3, 0.4) is 0 Å². The normalized spacial score (nSPS) is 13.6. The van der Waals surface area contributed by atoms with E-state index in [9.17, 15) is 4.79 Å². The highest BCUT2D eigenvalue weighted by Crippen LogP contribution is 2.31. The summed E-state index contributed by atoms with van der Waals surface area (Å²) in [6.07, 6.45) is 2.81. The molecule has 7 rings (SSSR count). The molecule has 1 aliphatic heterocycles. The maximum absolute atomic E-state index is 13.6. The van der Waals surface area contributed by atoms with Gasteiger partial charge in [-0.25, -0.2) is 9.78 Å². The van der Waals surface area contributed by atoms with E-state index in [2.05, 4.69) is 86.7 Å². The first-order valence-corrected chi connectivity index (χ1v) is 15.2. The fourth-order valence-corrected chi connectivity index (χ4v) is 6.07. The van der Waals surface area contributed by atoms with E-state index in [-0.39, 0.29) is 6.03 Å². The molecule has 220 valence electrons. The summed E-state index contributed by atoms with van der Waals surface area (Å²) in [5, 5.41) is 14.6. The molecule has 0 bridgehead atoms. The third kappa shape index (κ3) is 5.44. The summed E-state index contributed by atoms with van der Waals surface area (Å²) < 4.78 is 2.31. The molecule has 1 saturated heterocycles. The highest BCUT2D eigenvalue weighted by molar-refractivity contribution is 5.95. The number of aromatic amines is 1. The van der Waals surface area contributed by atoms with Crippen molar-refractivity contribution in [1.82, 2.24) is 35.1 Å². The lowest BCUT2D eigenvalue weighted by molar-refractivity contribution is 0.192. The number of tetrazole rings is 1. The van der Waals surface area contributed by atoms with Gasteiger partial charge in [0.1, 0.15) is 5.82 Å². The predicted octanol–water partition coefficient (Wildman–Crippen LogP) is 6.72. The van der Waals surface area contributed by atoms with Gasteiger partial charge in [0.2, 0.25) is 5.82 Å². The Morgan fingerprint density at radius 2 is 1.59 bits per heavy atom. The van der Waals surface area contributed by atoms with E-state index in [4.69, 9.17) is 4.98 Å². The average Bonchev–Trinajstić information content (AvgIpc) is 3.72. The molecule has 1 N–H and O–H groups in total. The number of fused-ring (bicyclic) bond motifs is 1. The van der Waals surface area contributed by atoms with Gasteiger partial charge >= 0.3 is 6.03 Å². The van der Waals surface area contributed by atoms with Crippen LogP contribution in [0.1, 0.15) is 36.7 Å². The number of amides is 2. The summed E-state index contributed by atoms with van der Waals surface area (Å²) >= 11 is 0. The number of carbonyl (C=O) groups is 1. The Labute approximate surface area is 256 Å². The molecule has 4 aromatic carbocycles. The van der Waals surface area contributed by atoms with Gasteiger partial charge in [0.05, 0.1) is 11.0 Å². The van der Waals surface area contributed by atoms with Crippen molar-refractivity contribution >= 4 is 22.8 Å². The van der Waals surface area contributed by atoms with E-state index < -0.39 is 0 Å². The Morgan fingerprint density at radius 3 is 2.36 bits per heavy atom. The Balaban J connectivity index is 1.17. The molecule has 0 aliphatic carbocycles. The number of benzene rings is 4. The van der Waals surface area contributed by atoms with Crippen LogP contribution in [0.25, 0.3) is 33.5 Å². The lowest BCUT2D eigenvalue weighted by Gasteiger charge is -2.35. The molecule has 3 heterocycles. The molecule has 0 saturated carbocycles. The maximum Gasteiger partial charge on any atom is 0.324 e. The van der Waals surface area contributed by atoms with Gasteiger partial charge in [-0.2, -0.15) is 5.21 Å². The molecule has 1 fully saturated rings. The van der Waals surface area contributed by atoms with Crippen molar-refractivity contribution in [2.75, 3.05) is 18.0 Å². The summed E-state index contributed by atoms with van der Waals surface area (Å²) in [5.74, 6) is 1.63. The minimum atomic E-state index is 0.0518. The number of hydrogen-bond donors (Lipinski definition) is 1.